The maximum Gasteiger partial charge on any atom is 0.0643 e. The van der Waals surface area contributed by atoms with E-state index in [1.165, 1.54) is 11.1 Å². The molecule has 17 heavy (non-hydrogen) atoms. The zero-order chi connectivity index (χ0) is 12.4. The van der Waals surface area contributed by atoms with E-state index >= 15 is 0 Å². The molecule has 0 unspecified atom stereocenters. The molecule has 0 saturated heterocycles. The summed E-state index contributed by atoms with van der Waals surface area (Å²) in [7, 11) is 1.94. The molecule has 1 N–H and O–H groups in total. The van der Waals surface area contributed by atoms with Gasteiger partial charge in [0, 0.05) is 35.5 Å². The normalized spacial score (nSPS) is 10.6. The Morgan fingerprint density at radius 1 is 1.35 bits per heavy atom. The van der Waals surface area contributed by atoms with Gasteiger partial charge in [0.1, 0.15) is 0 Å². The molecular formula is C13H16BrN3. The first kappa shape index (κ1) is 12.2. The van der Waals surface area contributed by atoms with E-state index in [1.807, 2.05) is 24.9 Å². The quantitative estimate of drug-likeness (QED) is 0.940. The Morgan fingerprint density at radius 3 is 2.71 bits per heavy atom. The van der Waals surface area contributed by atoms with Gasteiger partial charge in [-0.15, -0.1) is 0 Å². The van der Waals surface area contributed by atoms with Gasteiger partial charge in [-0.3, -0.25) is 4.68 Å². The zero-order valence-corrected chi connectivity index (χ0v) is 11.9. The molecule has 0 saturated carbocycles. The first-order chi connectivity index (χ1) is 8.06. The summed E-state index contributed by atoms with van der Waals surface area (Å²) < 4.78 is 2.94. The van der Waals surface area contributed by atoms with Crippen molar-refractivity contribution in [2.45, 2.75) is 20.4 Å². The van der Waals surface area contributed by atoms with Crippen LogP contribution in [0.25, 0.3) is 0 Å². The van der Waals surface area contributed by atoms with Gasteiger partial charge >= 0.3 is 0 Å². The average Bonchev–Trinajstić information content (AvgIpc) is 2.56. The topological polar surface area (TPSA) is 29.9 Å². The van der Waals surface area contributed by atoms with Gasteiger partial charge < -0.3 is 5.32 Å². The number of hydrogen-bond acceptors (Lipinski definition) is 2. The lowest BCUT2D eigenvalue weighted by atomic mass is 10.2. The number of rotatable bonds is 3. The second-order valence-electron chi connectivity index (χ2n) is 4.25. The Kier molecular flexibility index (Phi) is 3.52. The van der Waals surface area contributed by atoms with E-state index < -0.39 is 0 Å². The number of anilines is 1. The van der Waals surface area contributed by atoms with E-state index in [1.54, 1.807) is 0 Å². The van der Waals surface area contributed by atoms with Crippen LogP contribution in [0.2, 0.25) is 0 Å². The van der Waals surface area contributed by atoms with E-state index in [9.17, 15) is 0 Å². The summed E-state index contributed by atoms with van der Waals surface area (Å²) >= 11 is 3.56. The van der Waals surface area contributed by atoms with Crippen LogP contribution in [0.15, 0.2) is 28.9 Å². The highest BCUT2D eigenvalue weighted by molar-refractivity contribution is 9.10. The van der Waals surface area contributed by atoms with Crippen LogP contribution >= 0.6 is 15.9 Å². The number of aromatic nitrogens is 2. The second-order valence-corrected chi connectivity index (χ2v) is 5.10. The number of nitrogens with zero attached hydrogens (tertiary/aromatic N) is 2. The van der Waals surface area contributed by atoms with Crippen molar-refractivity contribution in [3.8, 4) is 0 Å². The first-order valence-electron chi connectivity index (χ1n) is 5.55. The monoisotopic (exact) mass is 293 g/mol. The minimum absolute atomic E-state index is 0.793. The fraction of sp³-hybridized carbons (Fsp3) is 0.308. The van der Waals surface area contributed by atoms with Crippen LogP contribution in [0.5, 0.6) is 0 Å². The molecule has 3 nitrogen and oxygen atoms in total. The Balaban J connectivity index is 2.10. The Morgan fingerprint density at radius 2 is 2.12 bits per heavy atom. The highest BCUT2D eigenvalue weighted by atomic mass is 79.9. The van der Waals surface area contributed by atoms with Gasteiger partial charge in [0.2, 0.25) is 0 Å². The maximum absolute atomic E-state index is 4.32. The molecular weight excluding hydrogens is 278 g/mol. The van der Waals surface area contributed by atoms with Crippen LogP contribution in [-0.4, -0.2) is 9.78 Å². The van der Waals surface area contributed by atoms with E-state index in [-0.39, 0.29) is 0 Å². The van der Waals surface area contributed by atoms with Gasteiger partial charge in [0.05, 0.1) is 5.69 Å². The number of halogens is 1. The van der Waals surface area contributed by atoms with Gasteiger partial charge in [-0.05, 0) is 47.5 Å². The van der Waals surface area contributed by atoms with Crippen LogP contribution in [0.3, 0.4) is 0 Å². The summed E-state index contributed by atoms with van der Waals surface area (Å²) in [6, 6.07) is 6.30. The SMILES string of the molecule is Cc1ccc(NCc2cn(C)nc2C)c(Br)c1. The van der Waals surface area contributed by atoms with Crippen molar-refractivity contribution in [1.29, 1.82) is 0 Å². The molecule has 2 aromatic rings. The van der Waals surface area contributed by atoms with E-state index in [0.717, 1.165) is 22.4 Å². The van der Waals surface area contributed by atoms with Crippen LogP contribution in [-0.2, 0) is 13.6 Å². The van der Waals surface area contributed by atoms with Crippen LogP contribution in [0.4, 0.5) is 5.69 Å². The second kappa shape index (κ2) is 4.92. The van der Waals surface area contributed by atoms with E-state index in [2.05, 4.69) is 51.5 Å². The minimum Gasteiger partial charge on any atom is -0.380 e. The summed E-state index contributed by atoms with van der Waals surface area (Å²) in [6.45, 7) is 4.91. The number of benzene rings is 1. The lowest BCUT2D eigenvalue weighted by molar-refractivity contribution is 0.756. The van der Waals surface area contributed by atoms with Crippen LogP contribution in [0.1, 0.15) is 16.8 Å². The smallest absolute Gasteiger partial charge is 0.0643 e. The summed E-state index contributed by atoms with van der Waals surface area (Å²) in [5, 5.41) is 7.74. The molecule has 2 rings (SSSR count). The third kappa shape index (κ3) is 2.88. The Bertz CT molecular complexity index is 531. The number of nitrogens with one attached hydrogen (secondary N) is 1. The van der Waals surface area contributed by atoms with Crippen molar-refractivity contribution in [3.63, 3.8) is 0 Å². The molecule has 0 atom stereocenters. The van der Waals surface area contributed by atoms with Crippen molar-refractivity contribution in [2.75, 3.05) is 5.32 Å². The number of hydrogen-bond donors (Lipinski definition) is 1. The molecule has 0 bridgehead atoms. The molecule has 90 valence electrons. The zero-order valence-electron chi connectivity index (χ0n) is 10.3. The lowest BCUT2D eigenvalue weighted by Gasteiger charge is -2.08. The molecule has 0 aliphatic carbocycles. The van der Waals surface area contributed by atoms with Crippen molar-refractivity contribution in [2.24, 2.45) is 7.05 Å². The molecule has 1 aromatic heterocycles. The first-order valence-corrected chi connectivity index (χ1v) is 6.34. The summed E-state index contributed by atoms with van der Waals surface area (Å²) in [6.07, 6.45) is 2.05. The van der Waals surface area contributed by atoms with Crippen molar-refractivity contribution in [3.05, 3.63) is 45.7 Å². The van der Waals surface area contributed by atoms with E-state index in [4.69, 9.17) is 0 Å². The summed E-state index contributed by atoms with van der Waals surface area (Å²) in [5.74, 6) is 0. The summed E-state index contributed by atoms with van der Waals surface area (Å²) in [4.78, 5) is 0. The van der Waals surface area contributed by atoms with Gasteiger partial charge in [0.25, 0.3) is 0 Å². The predicted molar refractivity (Wildman–Crippen MR) is 74.2 cm³/mol. The molecule has 0 amide bonds. The average molecular weight is 294 g/mol. The third-order valence-electron chi connectivity index (χ3n) is 2.71. The maximum atomic E-state index is 4.32. The molecule has 0 aliphatic heterocycles. The molecule has 1 aromatic carbocycles. The molecule has 0 aliphatic rings. The Labute approximate surface area is 110 Å². The summed E-state index contributed by atoms with van der Waals surface area (Å²) in [5.41, 5.74) is 4.65. The Hall–Kier alpha value is -1.29. The predicted octanol–water partition coefficient (Wildman–Crippen LogP) is 3.41. The lowest BCUT2D eigenvalue weighted by Crippen LogP contribution is -2.00. The van der Waals surface area contributed by atoms with Crippen LogP contribution in [0, 0.1) is 13.8 Å². The molecule has 0 fully saturated rings. The largest absolute Gasteiger partial charge is 0.380 e. The molecule has 0 spiro atoms. The number of aryl methyl sites for hydroxylation is 3. The highest BCUT2D eigenvalue weighted by Crippen LogP contribution is 2.24. The van der Waals surface area contributed by atoms with Crippen molar-refractivity contribution in [1.82, 2.24) is 9.78 Å². The van der Waals surface area contributed by atoms with E-state index in [0.29, 0.717) is 0 Å². The van der Waals surface area contributed by atoms with Gasteiger partial charge in [-0.25, -0.2) is 0 Å². The van der Waals surface area contributed by atoms with Gasteiger partial charge in [-0.1, -0.05) is 6.07 Å². The molecule has 1 heterocycles. The molecule has 0 radical (unpaired) electrons. The molecule has 4 heteroatoms. The van der Waals surface area contributed by atoms with Gasteiger partial charge in [0.15, 0.2) is 0 Å². The fourth-order valence-electron chi connectivity index (χ4n) is 1.78. The highest BCUT2D eigenvalue weighted by Gasteiger charge is 2.04. The van der Waals surface area contributed by atoms with Gasteiger partial charge in [-0.2, -0.15) is 5.10 Å². The van der Waals surface area contributed by atoms with Crippen molar-refractivity contribution >= 4 is 21.6 Å². The standard InChI is InChI=1S/C13H16BrN3/c1-9-4-5-13(12(14)6-9)15-7-11-8-17(3)16-10(11)2/h4-6,8,15H,7H2,1-3H3. The third-order valence-corrected chi connectivity index (χ3v) is 3.37. The minimum atomic E-state index is 0.793. The van der Waals surface area contributed by atoms with Crippen molar-refractivity contribution < 1.29 is 0 Å². The van der Waals surface area contributed by atoms with Crippen LogP contribution < -0.4 is 5.32 Å². The fourth-order valence-corrected chi connectivity index (χ4v) is 2.41.